The number of carbonyl (C=O) groups is 2. The molecule has 0 saturated carbocycles. The van der Waals surface area contributed by atoms with Gasteiger partial charge < -0.3 is 14.9 Å². The predicted molar refractivity (Wildman–Crippen MR) is 106 cm³/mol. The normalized spacial score (nSPS) is 11.0. The summed E-state index contributed by atoms with van der Waals surface area (Å²) in [5, 5.41) is 17.8. The number of aromatic nitrogens is 2. The van der Waals surface area contributed by atoms with Crippen LogP contribution in [0.25, 0.3) is 0 Å². The summed E-state index contributed by atoms with van der Waals surface area (Å²) in [4.78, 5) is 24.9. The molecular weight excluding hydrogens is 360 g/mol. The Kier molecular flexibility index (Phi) is 13.0. The third kappa shape index (κ3) is 11.1. The number of aryl methyl sites for hydroxylation is 1. The Bertz CT molecular complexity index is 571. The Morgan fingerprint density at radius 3 is 2.11 bits per heavy atom. The van der Waals surface area contributed by atoms with Crippen LogP contribution in [-0.4, -0.2) is 40.3 Å². The molecule has 0 aliphatic rings. The maximum absolute atomic E-state index is 11.2. The number of imidazole rings is 1. The highest BCUT2D eigenvalue weighted by molar-refractivity contribution is 5.68. The Hall–Kier alpha value is -1.89. The highest BCUT2D eigenvalue weighted by atomic mass is 16.5. The monoisotopic (exact) mass is 397 g/mol. The molecule has 0 aliphatic carbocycles. The van der Waals surface area contributed by atoms with Crippen molar-refractivity contribution < 1.29 is 29.1 Å². The highest BCUT2D eigenvalue weighted by Gasteiger charge is 2.20. The molecule has 160 valence electrons. The fraction of sp³-hybridized carbons (Fsp3) is 0.762. The molecule has 0 amide bonds. The molecule has 1 rings (SSSR count). The van der Waals surface area contributed by atoms with E-state index in [9.17, 15) is 14.7 Å². The third-order valence-corrected chi connectivity index (χ3v) is 4.87. The summed E-state index contributed by atoms with van der Waals surface area (Å²) in [5.74, 6) is -0.981. The highest BCUT2D eigenvalue weighted by Crippen LogP contribution is 2.11. The smallest absolute Gasteiger partial charge is 0.346 e. The molecule has 0 aromatic carbocycles. The standard InChI is InChI=1S/C21H36N2O5/c1-2-3-4-5-6-7-8-9-10-11-12-19-22-15-18(23(19)16-20(24)25)13-14-28-17-21(26)27/h15H,2-14,16-17H2,1H3,(H2,24,25,26,27)/p+1. The van der Waals surface area contributed by atoms with E-state index in [0.717, 1.165) is 30.8 Å². The molecule has 7 heteroatoms. The number of aromatic amines is 1. The van der Waals surface area contributed by atoms with Gasteiger partial charge in [0.25, 0.3) is 5.82 Å². The Morgan fingerprint density at radius 1 is 0.929 bits per heavy atom. The number of hydrogen-bond acceptors (Lipinski definition) is 3. The first kappa shape index (κ1) is 24.1. The zero-order valence-electron chi connectivity index (χ0n) is 17.3. The molecule has 0 atom stereocenters. The largest absolute Gasteiger partial charge is 0.480 e. The average molecular weight is 398 g/mol. The van der Waals surface area contributed by atoms with Gasteiger partial charge in [-0.2, -0.15) is 0 Å². The van der Waals surface area contributed by atoms with E-state index in [1.54, 1.807) is 10.8 Å². The number of hydrogen-bond donors (Lipinski definition) is 3. The molecule has 0 radical (unpaired) electrons. The molecule has 0 saturated heterocycles. The molecule has 3 N–H and O–H groups in total. The summed E-state index contributed by atoms with van der Waals surface area (Å²) in [6, 6.07) is 0. The lowest BCUT2D eigenvalue weighted by atomic mass is 10.1. The van der Waals surface area contributed by atoms with Crippen molar-refractivity contribution in [2.24, 2.45) is 0 Å². The zero-order chi connectivity index (χ0) is 20.6. The van der Waals surface area contributed by atoms with Crippen LogP contribution in [0.4, 0.5) is 0 Å². The molecule has 0 unspecified atom stereocenters. The van der Waals surface area contributed by atoms with Crippen molar-refractivity contribution in [3.8, 4) is 0 Å². The molecule has 0 bridgehead atoms. The number of aliphatic carboxylic acids is 2. The number of H-pyrrole nitrogens is 1. The minimum Gasteiger partial charge on any atom is -0.480 e. The number of unbranched alkanes of at least 4 members (excludes halogenated alkanes) is 9. The number of nitrogens with zero attached hydrogens (tertiary/aromatic N) is 1. The van der Waals surface area contributed by atoms with Gasteiger partial charge in [-0.05, 0) is 6.42 Å². The number of carboxylic acid groups (broad SMARTS) is 2. The number of ether oxygens (including phenoxy) is 1. The molecule has 0 spiro atoms. The van der Waals surface area contributed by atoms with Crippen LogP contribution in [0.3, 0.4) is 0 Å². The maximum atomic E-state index is 11.2. The van der Waals surface area contributed by atoms with Crippen molar-refractivity contribution in [2.75, 3.05) is 13.2 Å². The van der Waals surface area contributed by atoms with Crippen LogP contribution in [0.2, 0.25) is 0 Å². The summed E-state index contributed by atoms with van der Waals surface area (Å²) in [6.07, 6.45) is 15.8. The minimum atomic E-state index is -1.01. The van der Waals surface area contributed by atoms with Gasteiger partial charge in [-0.15, -0.1) is 0 Å². The van der Waals surface area contributed by atoms with Crippen molar-refractivity contribution in [2.45, 2.75) is 90.5 Å². The molecule has 0 aliphatic heterocycles. The second-order valence-electron chi connectivity index (χ2n) is 7.33. The molecule has 7 nitrogen and oxygen atoms in total. The van der Waals surface area contributed by atoms with Crippen LogP contribution in [0.1, 0.15) is 82.7 Å². The van der Waals surface area contributed by atoms with Crippen molar-refractivity contribution in [3.05, 3.63) is 17.7 Å². The molecule has 1 aromatic heterocycles. The van der Waals surface area contributed by atoms with E-state index < -0.39 is 11.9 Å². The first-order chi connectivity index (χ1) is 13.5. The van der Waals surface area contributed by atoms with E-state index >= 15 is 0 Å². The van der Waals surface area contributed by atoms with Crippen LogP contribution >= 0.6 is 0 Å². The van der Waals surface area contributed by atoms with Gasteiger partial charge in [0.2, 0.25) is 0 Å². The Balaban J connectivity index is 2.31. The van der Waals surface area contributed by atoms with Gasteiger partial charge in [0.05, 0.1) is 6.61 Å². The van der Waals surface area contributed by atoms with Crippen LogP contribution in [0.5, 0.6) is 0 Å². The minimum absolute atomic E-state index is 0.0924. The second kappa shape index (κ2) is 15.1. The van der Waals surface area contributed by atoms with Crippen molar-refractivity contribution in [1.29, 1.82) is 0 Å². The number of nitrogens with one attached hydrogen (secondary N) is 1. The molecular formula is C21H37N2O5+. The zero-order valence-corrected chi connectivity index (χ0v) is 17.3. The molecule has 1 aromatic rings. The number of rotatable bonds is 18. The van der Waals surface area contributed by atoms with E-state index in [4.69, 9.17) is 9.84 Å². The summed E-state index contributed by atoms with van der Waals surface area (Å²) < 4.78 is 6.84. The lowest BCUT2D eigenvalue weighted by molar-refractivity contribution is -0.699. The van der Waals surface area contributed by atoms with Gasteiger partial charge in [0.1, 0.15) is 18.5 Å². The van der Waals surface area contributed by atoms with Crippen LogP contribution in [0, 0.1) is 0 Å². The topological polar surface area (TPSA) is 104 Å². The summed E-state index contributed by atoms with van der Waals surface area (Å²) in [7, 11) is 0. The molecule has 0 fully saturated rings. The second-order valence-corrected chi connectivity index (χ2v) is 7.33. The summed E-state index contributed by atoms with van der Waals surface area (Å²) >= 11 is 0. The van der Waals surface area contributed by atoms with Gasteiger partial charge in [-0.1, -0.05) is 64.7 Å². The quantitative estimate of drug-likeness (QED) is 0.260. The maximum Gasteiger partial charge on any atom is 0.346 e. The Labute approximate surface area is 168 Å². The van der Waals surface area contributed by atoms with E-state index in [1.807, 2.05) is 0 Å². The van der Waals surface area contributed by atoms with Gasteiger partial charge in [0.15, 0.2) is 6.54 Å². The Morgan fingerprint density at radius 2 is 1.54 bits per heavy atom. The first-order valence-electron chi connectivity index (χ1n) is 10.6. The summed E-state index contributed by atoms with van der Waals surface area (Å²) in [6.45, 7) is 2.06. The van der Waals surface area contributed by atoms with Crippen LogP contribution < -0.4 is 4.57 Å². The lowest BCUT2D eigenvalue weighted by Gasteiger charge is -2.04. The third-order valence-electron chi connectivity index (χ3n) is 4.87. The van der Waals surface area contributed by atoms with Gasteiger partial charge in [-0.25, -0.2) is 19.1 Å². The van der Waals surface area contributed by atoms with Crippen molar-refractivity contribution >= 4 is 11.9 Å². The predicted octanol–water partition coefficient (Wildman–Crippen LogP) is 3.49. The van der Waals surface area contributed by atoms with E-state index in [0.29, 0.717) is 6.42 Å². The fourth-order valence-corrected chi connectivity index (χ4v) is 3.36. The van der Waals surface area contributed by atoms with E-state index in [-0.39, 0.29) is 19.8 Å². The van der Waals surface area contributed by atoms with Gasteiger partial charge in [0, 0.05) is 12.8 Å². The average Bonchev–Trinajstić information content (AvgIpc) is 3.01. The van der Waals surface area contributed by atoms with Crippen LogP contribution in [0.15, 0.2) is 6.20 Å². The SMILES string of the molecule is CCCCCCCCCCCCc1[nH]cc(CCOCC(=O)O)[n+]1CC(=O)O. The summed E-state index contributed by atoms with van der Waals surface area (Å²) in [5.41, 5.74) is 0.829. The van der Waals surface area contributed by atoms with E-state index in [1.165, 1.54) is 51.4 Å². The lowest BCUT2D eigenvalue weighted by Crippen LogP contribution is -2.44. The van der Waals surface area contributed by atoms with Crippen LogP contribution in [-0.2, 0) is 33.7 Å². The molecule has 28 heavy (non-hydrogen) atoms. The van der Waals surface area contributed by atoms with Gasteiger partial charge >= 0.3 is 11.9 Å². The van der Waals surface area contributed by atoms with Crippen molar-refractivity contribution in [1.82, 2.24) is 4.98 Å². The fourth-order valence-electron chi connectivity index (χ4n) is 3.36. The van der Waals surface area contributed by atoms with Crippen molar-refractivity contribution in [3.63, 3.8) is 0 Å². The number of carboxylic acids is 2. The van der Waals surface area contributed by atoms with E-state index in [2.05, 4.69) is 11.9 Å². The molecule has 1 heterocycles. The first-order valence-corrected chi connectivity index (χ1v) is 10.6. The van der Waals surface area contributed by atoms with Gasteiger partial charge in [-0.3, -0.25) is 0 Å².